The molecule has 0 amide bonds. The Labute approximate surface area is 202 Å². The molecule has 2 heterocycles. The van der Waals surface area contributed by atoms with Crippen LogP contribution in [0.1, 0.15) is 29.3 Å². The molecule has 10 nitrogen and oxygen atoms in total. The number of aliphatic hydroxyl groups excluding tert-OH is 1. The van der Waals surface area contributed by atoms with Gasteiger partial charge in [-0.15, -0.1) is 0 Å². The molecule has 2 N–H and O–H groups in total. The van der Waals surface area contributed by atoms with Gasteiger partial charge < -0.3 is 24.3 Å². The number of nitrogens with one attached hydrogen (secondary N) is 1. The number of H-pyrrole nitrogens is 1. The highest BCUT2D eigenvalue weighted by atomic mass is 32.2. The summed E-state index contributed by atoms with van der Waals surface area (Å²) in [6, 6.07) is 10.4. The summed E-state index contributed by atoms with van der Waals surface area (Å²) >= 11 is 0. The van der Waals surface area contributed by atoms with Crippen LogP contribution < -0.4 is 15.0 Å². The van der Waals surface area contributed by atoms with Gasteiger partial charge in [0.2, 0.25) is 10.0 Å². The van der Waals surface area contributed by atoms with Crippen molar-refractivity contribution in [3.8, 4) is 11.5 Å². The average molecular weight is 503 g/mol. The Kier molecular flexibility index (Phi) is 7.39. The Morgan fingerprint density at radius 1 is 1.11 bits per heavy atom. The number of rotatable bonds is 9. The third-order valence-electron chi connectivity index (χ3n) is 5.50. The summed E-state index contributed by atoms with van der Waals surface area (Å²) < 4.78 is 44.0. The number of sulfonamides is 1. The number of esters is 1. The van der Waals surface area contributed by atoms with E-state index in [1.54, 1.807) is 25.1 Å². The van der Waals surface area contributed by atoms with E-state index in [4.69, 9.17) is 14.2 Å². The normalized spacial score (nSPS) is 13.2. The zero-order valence-corrected chi connectivity index (χ0v) is 20.0. The van der Waals surface area contributed by atoms with Gasteiger partial charge in [-0.2, -0.15) is 4.31 Å². The van der Waals surface area contributed by atoms with Gasteiger partial charge in [0, 0.05) is 36.7 Å². The van der Waals surface area contributed by atoms with Crippen LogP contribution in [-0.4, -0.2) is 61.8 Å². The maximum Gasteiger partial charge on any atom is 0.338 e. The molecule has 1 aromatic heterocycles. The van der Waals surface area contributed by atoms with E-state index in [-0.39, 0.29) is 48.7 Å². The fourth-order valence-corrected chi connectivity index (χ4v) is 5.21. The van der Waals surface area contributed by atoms with Crippen molar-refractivity contribution in [2.24, 2.45) is 0 Å². The number of ether oxygens (including phenoxy) is 3. The second-order valence-electron chi connectivity index (χ2n) is 7.87. The summed E-state index contributed by atoms with van der Waals surface area (Å²) in [5.41, 5.74) is 0.574. The van der Waals surface area contributed by atoms with E-state index in [1.165, 1.54) is 24.3 Å². The number of carbonyl (C=O) groups is 1. The second kappa shape index (κ2) is 10.5. The van der Waals surface area contributed by atoms with Crippen LogP contribution in [0.4, 0.5) is 0 Å². The minimum atomic E-state index is -4.04. The molecular formula is C24H26N2O8S. The van der Waals surface area contributed by atoms with Crippen LogP contribution in [0.2, 0.25) is 0 Å². The minimum Gasteiger partial charge on any atom is -0.486 e. The zero-order chi connectivity index (χ0) is 25.0. The summed E-state index contributed by atoms with van der Waals surface area (Å²) in [6.45, 7) is 2.29. The highest BCUT2D eigenvalue weighted by Crippen LogP contribution is 2.33. The minimum absolute atomic E-state index is 0.00290. The molecule has 0 aliphatic carbocycles. The van der Waals surface area contributed by atoms with Crippen LogP contribution in [-0.2, 0) is 21.3 Å². The van der Waals surface area contributed by atoms with E-state index in [9.17, 15) is 23.1 Å². The molecule has 0 radical (unpaired) electrons. The molecule has 0 spiro atoms. The molecule has 0 fully saturated rings. The Balaban J connectivity index is 1.66. The van der Waals surface area contributed by atoms with E-state index in [1.807, 2.05) is 0 Å². The molecule has 0 bridgehead atoms. The molecular weight excluding hydrogens is 476 g/mol. The lowest BCUT2D eigenvalue weighted by atomic mass is 10.1. The molecule has 0 atom stereocenters. The van der Waals surface area contributed by atoms with Crippen molar-refractivity contribution in [3.05, 3.63) is 63.9 Å². The van der Waals surface area contributed by atoms with Gasteiger partial charge in [0.25, 0.3) is 5.56 Å². The van der Waals surface area contributed by atoms with E-state index in [2.05, 4.69) is 4.98 Å². The molecule has 4 rings (SSSR count). The number of benzene rings is 2. The largest absolute Gasteiger partial charge is 0.486 e. The fraction of sp³-hybridized carbons (Fsp3) is 0.333. The first kappa shape index (κ1) is 24.7. The molecule has 0 saturated heterocycles. The predicted molar refractivity (Wildman–Crippen MR) is 127 cm³/mol. The van der Waals surface area contributed by atoms with E-state index in [0.717, 1.165) is 4.31 Å². The summed E-state index contributed by atoms with van der Waals surface area (Å²) in [5.74, 6) is 0.534. The van der Waals surface area contributed by atoms with Gasteiger partial charge in [0.1, 0.15) is 13.2 Å². The molecule has 1 aliphatic heterocycles. The predicted octanol–water partition coefficient (Wildman–Crippen LogP) is 2.05. The first-order chi connectivity index (χ1) is 16.8. The Bertz CT molecular complexity index is 1380. The van der Waals surface area contributed by atoms with Gasteiger partial charge in [0.15, 0.2) is 11.5 Å². The van der Waals surface area contributed by atoms with Crippen molar-refractivity contribution in [1.82, 2.24) is 9.29 Å². The third kappa shape index (κ3) is 5.31. The summed E-state index contributed by atoms with van der Waals surface area (Å²) in [7, 11) is -4.04. The van der Waals surface area contributed by atoms with E-state index < -0.39 is 21.6 Å². The zero-order valence-electron chi connectivity index (χ0n) is 19.2. The van der Waals surface area contributed by atoms with Crippen molar-refractivity contribution >= 4 is 26.9 Å². The number of hydrogen-bond donors (Lipinski definition) is 2. The van der Waals surface area contributed by atoms with Crippen LogP contribution >= 0.6 is 0 Å². The molecule has 0 saturated carbocycles. The lowest BCUT2D eigenvalue weighted by Crippen LogP contribution is -2.34. The number of aromatic amines is 1. The topological polar surface area (TPSA) is 135 Å². The van der Waals surface area contributed by atoms with Gasteiger partial charge in [-0.3, -0.25) is 4.79 Å². The van der Waals surface area contributed by atoms with E-state index in [0.29, 0.717) is 35.6 Å². The standard InChI is InChI=1S/C24H26N2O8S/c1-2-32-24(29)16-4-6-19(7-5-16)35(30,31)26(8-3-9-27)15-18-12-17-13-21-22(34-11-10-33-21)14-20(17)25-23(18)28/h4-7,12-14,27H,2-3,8-11,15H2,1H3,(H,25,28). The first-order valence-electron chi connectivity index (χ1n) is 11.2. The van der Waals surface area contributed by atoms with Crippen LogP contribution in [0.25, 0.3) is 10.9 Å². The highest BCUT2D eigenvalue weighted by molar-refractivity contribution is 7.89. The van der Waals surface area contributed by atoms with Gasteiger partial charge in [-0.1, -0.05) is 0 Å². The summed E-state index contributed by atoms with van der Waals surface area (Å²) in [5, 5.41) is 9.98. The molecule has 186 valence electrons. The maximum atomic E-state index is 13.4. The quantitative estimate of drug-likeness (QED) is 0.425. The number of aliphatic hydroxyl groups is 1. The fourth-order valence-electron chi connectivity index (χ4n) is 3.75. The van der Waals surface area contributed by atoms with Crippen molar-refractivity contribution in [2.75, 3.05) is 33.0 Å². The molecule has 3 aromatic rings. The van der Waals surface area contributed by atoms with Crippen molar-refractivity contribution in [1.29, 1.82) is 0 Å². The average Bonchev–Trinajstić information content (AvgIpc) is 2.85. The molecule has 11 heteroatoms. The molecule has 1 aliphatic rings. The van der Waals surface area contributed by atoms with Gasteiger partial charge >= 0.3 is 5.97 Å². The SMILES string of the molecule is CCOC(=O)c1ccc(S(=O)(=O)N(CCCO)Cc2cc3cc4c(cc3[nH]c2=O)OCCO4)cc1. The smallest absolute Gasteiger partial charge is 0.338 e. The van der Waals surface area contributed by atoms with Gasteiger partial charge in [-0.05, 0) is 49.7 Å². The van der Waals surface area contributed by atoms with Gasteiger partial charge in [0.05, 0.1) is 22.6 Å². The summed E-state index contributed by atoms with van der Waals surface area (Å²) in [4.78, 5) is 27.4. The van der Waals surface area contributed by atoms with Crippen LogP contribution in [0.15, 0.2) is 52.2 Å². The lowest BCUT2D eigenvalue weighted by Gasteiger charge is -2.22. The molecule has 0 unspecified atom stereocenters. The second-order valence-corrected chi connectivity index (χ2v) is 9.81. The summed E-state index contributed by atoms with van der Waals surface area (Å²) in [6.07, 6.45) is 0.185. The number of aromatic nitrogens is 1. The highest BCUT2D eigenvalue weighted by Gasteiger charge is 2.26. The van der Waals surface area contributed by atoms with Crippen molar-refractivity contribution in [3.63, 3.8) is 0 Å². The number of pyridine rings is 1. The lowest BCUT2D eigenvalue weighted by molar-refractivity contribution is 0.0526. The van der Waals surface area contributed by atoms with Gasteiger partial charge in [-0.25, -0.2) is 13.2 Å². The van der Waals surface area contributed by atoms with Crippen molar-refractivity contribution in [2.45, 2.75) is 24.8 Å². The van der Waals surface area contributed by atoms with Crippen LogP contribution in [0, 0.1) is 0 Å². The molecule has 2 aromatic carbocycles. The van der Waals surface area contributed by atoms with E-state index >= 15 is 0 Å². The van der Waals surface area contributed by atoms with Crippen LogP contribution in [0.5, 0.6) is 11.5 Å². The maximum absolute atomic E-state index is 13.4. The monoisotopic (exact) mass is 502 g/mol. The molecule has 35 heavy (non-hydrogen) atoms. The third-order valence-corrected chi connectivity index (χ3v) is 7.36. The van der Waals surface area contributed by atoms with Crippen LogP contribution in [0.3, 0.4) is 0 Å². The Morgan fingerprint density at radius 2 is 1.80 bits per heavy atom. The Hall–Kier alpha value is -3.41. The number of fused-ring (bicyclic) bond motifs is 2. The number of nitrogens with zero attached hydrogens (tertiary/aromatic N) is 1. The number of hydrogen-bond acceptors (Lipinski definition) is 8. The number of carbonyl (C=O) groups excluding carboxylic acids is 1. The van der Waals surface area contributed by atoms with Crippen molar-refractivity contribution < 1.29 is 32.5 Å². The first-order valence-corrected chi connectivity index (χ1v) is 12.6. The Morgan fingerprint density at radius 3 is 2.46 bits per heavy atom.